The molecular weight excluding hydrogens is 675 g/mol. The van der Waals surface area contributed by atoms with Crippen molar-refractivity contribution in [2.75, 3.05) is 0 Å². The van der Waals surface area contributed by atoms with E-state index in [9.17, 15) is 0 Å². The third kappa shape index (κ3) is 16.3. The monoisotopic (exact) mass is 705 g/mol. The lowest BCUT2D eigenvalue weighted by Gasteiger charge is -1.85. The summed E-state index contributed by atoms with van der Waals surface area (Å²) in [6.07, 6.45) is 12.2. The number of hydrogen-bond acceptors (Lipinski definition) is 0. The molecule has 3 aromatic rings. The fourth-order valence-corrected chi connectivity index (χ4v) is 1.73. The zero-order chi connectivity index (χ0) is 17.9. The van der Waals surface area contributed by atoms with E-state index in [-0.39, 0.29) is 71.9 Å². The van der Waals surface area contributed by atoms with Crippen LogP contribution in [0.25, 0.3) is 0 Å². The van der Waals surface area contributed by atoms with Gasteiger partial charge in [0.25, 0.3) is 0 Å². The minimum absolute atomic E-state index is 0. The standard InChI is InChI=1S/3C7H10N.3HI/c3*1-7-3-5-8(2)6-4-7;;;/h3*3-6H,1-2H3;3*1H/q3*+1;;;/p-3. The van der Waals surface area contributed by atoms with Crippen LogP contribution < -0.4 is 85.6 Å². The molecule has 0 bridgehead atoms. The summed E-state index contributed by atoms with van der Waals surface area (Å²) < 4.78 is 6.06. The molecule has 3 rings (SSSR count). The second-order valence-corrected chi connectivity index (χ2v) is 6.12. The van der Waals surface area contributed by atoms with E-state index in [0.29, 0.717) is 0 Å². The van der Waals surface area contributed by atoms with Crippen LogP contribution in [0.15, 0.2) is 73.6 Å². The number of halogens is 3. The topological polar surface area (TPSA) is 11.6 Å². The van der Waals surface area contributed by atoms with Crippen molar-refractivity contribution in [3.8, 4) is 0 Å². The van der Waals surface area contributed by atoms with Crippen LogP contribution in [0.2, 0.25) is 0 Å². The van der Waals surface area contributed by atoms with Crippen LogP contribution in [0.5, 0.6) is 0 Å². The minimum atomic E-state index is 0. The van der Waals surface area contributed by atoms with Gasteiger partial charge < -0.3 is 71.9 Å². The maximum Gasteiger partial charge on any atom is 0.168 e. The summed E-state index contributed by atoms with van der Waals surface area (Å²) >= 11 is 0. The first-order valence-corrected chi connectivity index (χ1v) is 8.12. The average molecular weight is 705 g/mol. The van der Waals surface area contributed by atoms with Gasteiger partial charge in [0.1, 0.15) is 21.1 Å². The lowest BCUT2D eigenvalue weighted by molar-refractivity contribution is -0.671. The Hall–Kier alpha value is -0.360. The molecule has 0 aliphatic rings. The molecule has 0 N–H and O–H groups in total. The lowest BCUT2D eigenvalue weighted by atomic mass is 10.3. The van der Waals surface area contributed by atoms with Crippen LogP contribution in [-0.2, 0) is 21.1 Å². The molecule has 3 nitrogen and oxygen atoms in total. The van der Waals surface area contributed by atoms with Gasteiger partial charge in [-0.25, -0.2) is 13.7 Å². The lowest BCUT2D eigenvalue weighted by Crippen LogP contribution is -3.00. The predicted octanol–water partition coefficient (Wildman–Crippen LogP) is -6.53. The molecule has 0 saturated heterocycles. The van der Waals surface area contributed by atoms with Crippen molar-refractivity contribution in [3.05, 3.63) is 90.3 Å². The van der Waals surface area contributed by atoms with Crippen molar-refractivity contribution in [2.45, 2.75) is 20.8 Å². The number of hydrogen-bond donors (Lipinski definition) is 0. The Morgan fingerprint density at radius 2 is 0.556 bits per heavy atom. The van der Waals surface area contributed by atoms with E-state index in [4.69, 9.17) is 0 Å². The van der Waals surface area contributed by atoms with Crippen LogP contribution in [0.1, 0.15) is 16.7 Å². The second kappa shape index (κ2) is 17.7. The largest absolute Gasteiger partial charge is 1.00 e. The van der Waals surface area contributed by atoms with Crippen LogP contribution >= 0.6 is 0 Å². The summed E-state index contributed by atoms with van der Waals surface area (Å²) in [5.41, 5.74) is 3.93. The number of aryl methyl sites for hydroxylation is 6. The Morgan fingerprint density at radius 3 is 0.667 bits per heavy atom. The smallest absolute Gasteiger partial charge is 0.168 e. The van der Waals surface area contributed by atoms with E-state index in [1.54, 1.807) is 0 Å². The normalized spacial score (nSPS) is 8.22. The molecule has 27 heavy (non-hydrogen) atoms. The number of nitrogens with zero attached hydrogens (tertiary/aromatic N) is 3. The molecule has 0 saturated carbocycles. The van der Waals surface area contributed by atoms with Crippen LogP contribution in [0.4, 0.5) is 0 Å². The Labute approximate surface area is 215 Å². The van der Waals surface area contributed by atoms with E-state index in [1.165, 1.54) is 16.7 Å². The molecule has 0 spiro atoms. The van der Waals surface area contributed by atoms with Crippen molar-refractivity contribution >= 4 is 0 Å². The Bertz CT molecular complexity index is 547. The van der Waals surface area contributed by atoms with Crippen molar-refractivity contribution in [1.82, 2.24) is 0 Å². The number of rotatable bonds is 0. The molecule has 0 fully saturated rings. The molecule has 150 valence electrons. The van der Waals surface area contributed by atoms with E-state index in [2.05, 4.69) is 57.2 Å². The zero-order valence-corrected chi connectivity index (χ0v) is 23.4. The molecule has 0 radical (unpaired) electrons. The van der Waals surface area contributed by atoms with E-state index in [0.717, 1.165) is 0 Å². The van der Waals surface area contributed by atoms with Crippen molar-refractivity contribution in [1.29, 1.82) is 0 Å². The fourth-order valence-electron chi connectivity index (χ4n) is 1.73. The highest BCUT2D eigenvalue weighted by Crippen LogP contribution is 1.88. The zero-order valence-electron chi connectivity index (χ0n) is 16.9. The molecule has 0 aliphatic carbocycles. The van der Waals surface area contributed by atoms with Crippen LogP contribution in [-0.4, -0.2) is 0 Å². The number of aromatic nitrogens is 3. The van der Waals surface area contributed by atoms with Gasteiger partial charge in [-0.15, -0.1) is 0 Å². The first-order chi connectivity index (χ1) is 11.4. The molecule has 0 aliphatic heterocycles. The van der Waals surface area contributed by atoms with Gasteiger partial charge in [0, 0.05) is 36.4 Å². The second-order valence-electron chi connectivity index (χ2n) is 6.12. The first kappa shape index (κ1) is 31.3. The third-order valence-electron chi connectivity index (χ3n) is 3.44. The summed E-state index contributed by atoms with van der Waals surface area (Å²) in [7, 11) is 6.04. The summed E-state index contributed by atoms with van der Waals surface area (Å²) in [4.78, 5) is 0. The number of pyridine rings is 3. The maximum absolute atomic E-state index is 2.08. The van der Waals surface area contributed by atoms with Crippen molar-refractivity contribution < 1.29 is 85.6 Å². The quantitative estimate of drug-likeness (QED) is 0.163. The van der Waals surface area contributed by atoms with Crippen molar-refractivity contribution in [2.24, 2.45) is 21.1 Å². The van der Waals surface area contributed by atoms with E-state index in [1.807, 2.05) is 72.0 Å². The van der Waals surface area contributed by atoms with Crippen LogP contribution in [0, 0.1) is 20.8 Å². The molecule has 0 aromatic carbocycles. The highest BCUT2D eigenvalue weighted by molar-refractivity contribution is 5.04. The molecule has 0 atom stereocenters. The minimum Gasteiger partial charge on any atom is -1.00 e. The van der Waals surface area contributed by atoms with Gasteiger partial charge in [-0.05, 0) is 37.5 Å². The first-order valence-electron chi connectivity index (χ1n) is 8.12. The van der Waals surface area contributed by atoms with Gasteiger partial charge in [0.2, 0.25) is 0 Å². The predicted molar refractivity (Wildman–Crippen MR) is 97.1 cm³/mol. The van der Waals surface area contributed by atoms with Crippen molar-refractivity contribution in [3.63, 3.8) is 0 Å². The average Bonchev–Trinajstić information content (AvgIpc) is 2.57. The SMILES string of the molecule is Cc1cc[n+](C)cc1.Cc1cc[n+](C)cc1.Cc1cc[n+](C)cc1.[I-].[I-].[I-]. The third-order valence-corrected chi connectivity index (χ3v) is 3.44. The Balaban J connectivity index is -0.000000303. The van der Waals surface area contributed by atoms with Gasteiger partial charge >= 0.3 is 0 Å². The molecule has 3 aromatic heterocycles. The summed E-state index contributed by atoms with van der Waals surface area (Å²) in [5.74, 6) is 0. The fraction of sp³-hybridized carbons (Fsp3) is 0.286. The van der Waals surface area contributed by atoms with Gasteiger partial charge in [-0.2, -0.15) is 0 Å². The van der Waals surface area contributed by atoms with Gasteiger partial charge in [-0.1, -0.05) is 0 Å². The highest BCUT2D eigenvalue weighted by atomic mass is 127. The summed E-state index contributed by atoms with van der Waals surface area (Å²) in [5, 5.41) is 0. The summed E-state index contributed by atoms with van der Waals surface area (Å²) in [6.45, 7) is 6.25. The van der Waals surface area contributed by atoms with Crippen LogP contribution in [0.3, 0.4) is 0 Å². The highest BCUT2D eigenvalue weighted by Gasteiger charge is 1.87. The molecule has 6 heteroatoms. The Kier molecular flexibility index (Phi) is 20.6. The molecule has 0 amide bonds. The van der Waals surface area contributed by atoms with Gasteiger partial charge in [0.05, 0.1) is 0 Å². The van der Waals surface area contributed by atoms with Gasteiger partial charge in [0.15, 0.2) is 37.2 Å². The van der Waals surface area contributed by atoms with E-state index < -0.39 is 0 Å². The molecule has 0 unspecified atom stereocenters. The molecule has 3 heterocycles. The van der Waals surface area contributed by atoms with E-state index >= 15 is 0 Å². The Morgan fingerprint density at radius 1 is 0.407 bits per heavy atom. The molecular formula is C21H30I3N3. The van der Waals surface area contributed by atoms with Gasteiger partial charge in [-0.3, -0.25) is 0 Å². The summed E-state index contributed by atoms with van der Waals surface area (Å²) in [6, 6.07) is 12.5. The maximum atomic E-state index is 2.08.